The molecule has 0 saturated heterocycles. The third-order valence-electron chi connectivity index (χ3n) is 14.9. The lowest BCUT2D eigenvalue weighted by atomic mass is 10.0. The second-order valence-corrected chi connectivity index (χ2v) is 32.4. The van der Waals surface area contributed by atoms with Gasteiger partial charge in [-0.3, -0.25) is 14.2 Å². The van der Waals surface area contributed by atoms with Crippen LogP contribution in [0.2, 0.25) is 0 Å². The van der Waals surface area contributed by atoms with Crippen molar-refractivity contribution in [3.05, 3.63) is 240 Å². The standard InChI is InChI=1S/C26H24F3N3O2S.C23H14F6N4O4S2.C22H15F3N4O4S2/c1-25(2,3)32-35(33,34)23-7-5-4-6-20(23)18-11-14-21-22(16-18)31-24(30-21)15-10-17-8-12-19(13-9-17)26(27,28)29;24-22(25,26)38(34,35)32-16-9-5-14(6-10-16)7-12-21-30-19-11-8-15(13-20(19)31-21)17-3-1-2-4-18(17)33-39(36,37)23(27,28)29;23-22(24,25)35(32,33)29-17-9-6-14(7-10-17)8-11-20-27-18-12-16(15-4-2-1-3-5-15)13-19(21(18)28-20)34(26,30)31/h4-16,32H,1-3H3,(H,30,31);1-6,8-11,13,32-33H,(H,30,31);1-7,9-10,12-13,29H,(H,27,28)(H2,26,30,31)/b15-10+;;. The molecule has 21 nitrogen and oxygen atoms in total. The Morgan fingerprint density at radius 1 is 0.413 bits per heavy atom. The number of para-hydroxylation sites is 1. The molecular weight excluding hydrogens is 1560 g/mol. The van der Waals surface area contributed by atoms with Gasteiger partial charge in [0.25, 0.3) is 0 Å². The van der Waals surface area contributed by atoms with E-state index in [9.17, 15) is 94.8 Å². The van der Waals surface area contributed by atoms with E-state index in [1.165, 1.54) is 88.3 Å². The van der Waals surface area contributed by atoms with E-state index in [-0.39, 0.29) is 49.6 Å². The van der Waals surface area contributed by atoms with Gasteiger partial charge in [0.05, 0.1) is 43.7 Å². The molecule has 38 heteroatoms. The number of fused-ring (bicyclic) bond motifs is 3. The van der Waals surface area contributed by atoms with Crippen molar-refractivity contribution in [1.82, 2.24) is 34.6 Å². The van der Waals surface area contributed by atoms with Gasteiger partial charge in [-0.15, -0.1) is 0 Å². The number of hydrogen-bond acceptors (Lipinski definition) is 13. The molecule has 0 amide bonds. The lowest BCUT2D eigenvalue weighted by Crippen LogP contribution is -2.40. The van der Waals surface area contributed by atoms with E-state index in [4.69, 9.17) is 5.14 Å². The molecule has 0 fully saturated rings. The molecule has 3 aromatic heterocycles. The Morgan fingerprint density at radius 3 is 1.39 bits per heavy atom. The molecule has 0 atom stereocenters. The normalized spacial score (nSPS) is 12.6. The molecule has 0 radical (unpaired) electrons. The van der Waals surface area contributed by atoms with E-state index in [0.717, 1.165) is 42.0 Å². The highest BCUT2D eigenvalue weighted by molar-refractivity contribution is 7.94. The van der Waals surface area contributed by atoms with Crippen LogP contribution in [0.5, 0.6) is 0 Å². The molecule has 9 aromatic carbocycles. The number of aromatic amines is 3. The highest BCUT2D eigenvalue weighted by Gasteiger charge is 2.48. The lowest BCUT2D eigenvalue weighted by molar-refractivity contribution is -0.137. The Balaban J connectivity index is 0.000000175. The predicted molar refractivity (Wildman–Crippen MR) is 387 cm³/mol. The Labute approximate surface area is 613 Å². The zero-order valence-corrected chi connectivity index (χ0v) is 59.9. The fourth-order valence-electron chi connectivity index (χ4n) is 9.99. The van der Waals surface area contributed by atoms with Crippen LogP contribution in [0.25, 0.3) is 78.6 Å². The van der Waals surface area contributed by atoms with Gasteiger partial charge in [-0.1, -0.05) is 109 Å². The van der Waals surface area contributed by atoms with Crippen molar-refractivity contribution in [3.8, 4) is 57.1 Å². The molecule has 0 saturated carbocycles. The number of nitrogens with one attached hydrogen (secondary N) is 7. The zero-order chi connectivity index (χ0) is 79.5. The lowest BCUT2D eigenvalue weighted by Gasteiger charge is -2.21. The highest BCUT2D eigenvalue weighted by atomic mass is 32.2. The van der Waals surface area contributed by atoms with Gasteiger partial charge >= 0.3 is 52.8 Å². The summed E-state index contributed by atoms with van der Waals surface area (Å²) in [6.07, 6.45) is -1.04. The first-order chi connectivity index (χ1) is 50.7. The van der Waals surface area contributed by atoms with E-state index in [0.29, 0.717) is 72.4 Å². The Kier molecular flexibility index (Phi) is 22.5. The molecule has 12 aromatic rings. The Hall–Kier alpha value is -11.5. The average molecular weight is 1610 g/mol. The van der Waals surface area contributed by atoms with Crippen LogP contribution in [0.3, 0.4) is 0 Å². The maximum absolute atomic E-state index is 13.0. The molecule has 9 N–H and O–H groups in total. The summed E-state index contributed by atoms with van der Waals surface area (Å²) in [5.41, 5.74) is -11.4. The fraction of sp³-hybridized carbons (Fsp3) is 0.113. The van der Waals surface area contributed by atoms with Gasteiger partial charge in [-0.25, -0.2) is 41.6 Å². The Morgan fingerprint density at radius 2 is 0.872 bits per heavy atom. The zero-order valence-electron chi connectivity index (χ0n) is 55.8. The van der Waals surface area contributed by atoms with Gasteiger partial charge in [0.15, 0.2) is 11.6 Å². The van der Waals surface area contributed by atoms with Gasteiger partial charge in [-0.05, 0) is 176 Å². The van der Waals surface area contributed by atoms with Gasteiger partial charge in [0.1, 0.15) is 16.2 Å². The molecule has 0 bridgehead atoms. The minimum absolute atomic E-state index is 0.105. The number of sulfonamides is 5. The van der Waals surface area contributed by atoms with Crippen molar-refractivity contribution in [2.45, 2.75) is 58.8 Å². The van der Waals surface area contributed by atoms with Crippen molar-refractivity contribution in [1.29, 1.82) is 0 Å². The van der Waals surface area contributed by atoms with Gasteiger partial charge < -0.3 is 15.0 Å². The topological polar surface area (TPSA) is 331 Å². The van der Waals surface area contributed by atoms with E-state index in [1.54, 1.807) is 98.3 Å². The van der Waals surface area contributed by atoms with Crippen molar-refractivity contribution < 1.29 is 94.8 Å². The molecule has 0 aliphatic rings. The number of nitrogens with two attached hydrogens (primary N) is 1. The van der Waals surface area contributed by atoms with Crippen molar-refractivity contribution in [2.75, 3.05) is 14.2 Å². The highest BCUT2D eigenvalue weighted by Crippen LogP contribution is 2.37. The first kappa shape index (κ1) is 80.0. The second kappa shape index (κ2) is 30.6. The molecule has 0 unspecified atom stereocenters. The minimum Gasteiger partial charge on any atom is -0.338 e. The van der Waals surface area contributed by atoms with Crippen molar-refractivity contribution in [3.63, 3.8) is 0 Å². The quantitative estimate of drug-likeness (QED) is 0.0371. The predicted octanol–water partition coefficient (Wildman–Crippen LogP) is 15.2. The molecule has 0 aliphatic carbocycles. The maximum atomic E-state index is 13.0. The molecule has 3 heterocycles. The van der Waals surface area contributed by atoms with Crippen LogP contribution < -0.4 is 24.0 Å². The van der Waals surface area contributed by atoms with Crippen LogP contribution >= 0.6 is 0 Å². The maximum Gasteiger partial charge on any atom is 0.516 e. The molecule has 109 heavy (non-hydrogen) atoms. The first-order valence-corrected chi connectivity index (χ1v) is 38.4. The fourth-order valence-corrected chi connectivity index (χ4v) is 14.1. The van der Waals surface area contributed by atoms with Crippen LogP contribution in [0.4, 0.5) is 69.7 Å². The number of imidazole rings is 3. The van der Waals surface area contributed by atoms with Crippen molar-refractivity contribution in [2.24, 2.45) is 5.14 Å². The molecular formula is C71H53F12N11O10S5. The molecule has 566 valence electrons. The number of aromatic nitrogens is 6. The monoisotopic (exact) mass is 1610 g/mol. The number of halogens is 12. The number of H-pyrrole nitrogens is 3. The second-order valence-electron chi connectivity index (χ2n) is 24.2. The molecule has 0 spiro atoms. The number of hydrogen-bond donors (Lipinski definition) is 8. The third-order valence-corrected chi connectivity index (χ3v) is 20.9. The van der Waals surface area contributed by atoms with Crippen molar-refractivity contribution >= 4 is 112 Å². The average Bonchev–Trinajstić information content (AvgIpc) is 1.71. The minimum atomic E-state index is -5.64. The largest absolute Gasteiger partial charge is 0.516 e. The number of rotatable bonds is 14. The summed E-state index contributed by atoms with van der Waals surface area (Å²) >= 11 is 0. The molecule has 12 rings (SSSR count). The smallest absolute Gasteiger partial charge is 0.338 e. The van der Waals surface area contributed by atoms with Crippen LogP contribution in [0.15, 0.2) is 210 Å². The third kappa shape index (κ3) is 20.0. The van der Waals surface area contributed by atoms with Gasteiger partial charge in [0, 0.05) is 39.2 Å². The summed E-state index contributed by atoms with van der Waals surface area (Å²) in [5.74, 6) is 11.7. The summed E-state index contributed by atoms with van der Waals surface area (Å²) in [5, 5.41) is 5.39. The van der Waals surface area contributed by atoms with E-state index >= 15 is 0 Å². The number of nitrogens with zero attached hydrogens (tertiary/aromatic N) is 3. The number of alkyl halides is 12. The number of anilines is 3. The van der Waals surface area contributed by atoms with Gasteiger partial charge in [0.2, 0.25) is 20.0 Å². The van der Waals surface area contributed by atoms with E-state index in [1.807, 2.05) is 24.3 Å². The van der Waals surface area contributed by atoms with Gasteiger partial charge in [-0.2, -0.15) is 77.9 Å². The van der Waals surface area contributed by atoms with Crippen LogP contribution in [0, 0.1) is 23.7 Å². The number of benzene rings is 9. The summed E-state index contributed by atoms with van der Waals surface area (Å²) in [7, 11) is -24.6. The van der Waals surface area contributed by atoms with E-state index < -0.39 is 83.9 Å². The first-order valence-electron chi connectivity index (χ1n) is 30.9. The summed E-state index contributed by atoms with van der Waals surface area (Å²) < 4.78 is 277. The summed E-state index contributed by atoms with van der Waals surface area (Å²) in [6.45, 7) is 5.34. The van der Waals surface area contributed by atoms with Crippen LogP contribution in [0.1, 0.15) is 60.5 Å². The summed E-state index contributed by atoms with van der Waals surface area (Å²) in [4.78, 5) is 22.0. The molecule has 0 aliphatic heterocycles. The van der Waals surface area contributed by atoms with E-state index in [2.05, 4.69) is 58.3 Å². The van der Waals surface area contributed by atoms with Crippen LogP contribution in [-0.2, 0) is 56.3 Å². The SMILES string of the molecule is CC(C)(C)NS(=O)(=O)c1ccccc1-c1ccc2nc(/C=C/c3ccc(C(F)(F)F)cc3)[nH]c2c1.NS(=O)(=O)c1cc(-c2ccccc2)cc2[nH]c(C#Cc3ccc(NS(=O)(=O)C(F)(F)F)cc3)nc12.O=S(=O)(Nc1ccc(C#Cc2nc3ccc(-c4ccccc4NS(=O)(=O)C(F)(F)F)cc3[nH]2)cc1)C(F)(F)F. The Bertz CT molecular complexity index is 6210. The van der Waals surface area contributed by atoms with Crippen LogP contribution in [-0.4, -0.2) is 94.1 Å². The number of primary sulfonamides is 1. The summed E-state index contributed by atoms with van der Waals surface area (Å²) in [6, 6.07) is 49.0.